The molecule has 7 heteroatoms. The van der Waals surface area contributed by atoms with Gasteiger partial charge < -0.3 is 14.4 Å². The first-order chi connectivity index (χ1) is 8.67. The van der Waals surface area contributed by atoms with Gasteiger partial charge in [0, 0.05) is 32.0 Å². The Bertz CT molecular complexity index is 422. The molecule has 5 nitrogen and oxygen atoms in total. The minimum Gasteiger partial charge on any atom is -0.356 e. The molecule has 0 amide bonds. The summed E-state index contributed by atoms with van der Waals surface area (Å²) >= 11 is 11.7. The van der Waals surface area contributed by atoms with Crippen molar-refractivity contribution in [2.45, 2.75) is 18.6 Å². The third-order valence-electron chi connectivity index (χ3n) is 3.32. The normalized spacial score (nSPS) is 22.7. The number of anilines is 1. The van der Waals surface area contributed by atoms with Crippen LogP contribution in [-0.2, 0) is 9.47 Å². The second kappa shape index (κ2) is 4.81. The van der Waals surface area contributed by atoms with Gasteiger partial charge in [-0.3, -0.25) is 0 Å². The highest BCUT2D eigenvalue weighted by Gasteiger charge is 2.40. The Hall–Kier alpha value is -0.620. The Morgan fingerprint density at radius 2 is 1.78 bits per heavy atom. The maximum atomic E-state index is 5.88. The number of hydrogen-bond acceptors (Lipinski definition) is 5. The second-order valence-electron chi connectivity index (χ2n) is 4.41. The molecule has 0 radical (unpaired) electrons. The molecule has 3 rings (SSSR count). The van der Waals surface area contributed by atoms with Crippen LogP contribution in [0.1, 0.15) is 12.8 Å². The fraction of sp³-hybridized carbons (Fsp3) is 0.636. The Labute approximate surface area is 115 Å². The van der Waals surface area contributed by atoms with Crippen molar-refractivity contribution in [1.29, 1.82) is 0 Å². The fourth-order valence-corrected chi connectivity index (χ4v) is 2.80. The lowest BCUT2D eigenvalue weighted by Gasteiger charge is -2.38. The summed E-state index contributed by atoms with van der Waals surface area (Å²) in [7, 11) is 0. The summed E-state index contributed by atoms with van der Waals surface area (Å²) in [5.41, 5.74) is 0. The fourth-order valence-electron chi connectivity index (χ4n) is 2.40. The molecule has 0 aromatic carbocycles. The van der Waals surface area contributed by atoms with Gasteiger partial charge in [-0.15, -0.1) is 0 Å². The summed E-state index contributed by atoms with van der Waals surface area (Å²) < 4.78 is 11.4. The van der Waals surface area contributed by atoms with Gasteiger partial charge in [0.05, 0.1) is 13.2 Å². The lowest BCUT2D eigenvalue weighted by Crippen LogP contribution is -2.45. The minimum absolute atomic E-state index is 0.172. The molecule has 18 heavy (non-hydrogen) atoms. The topological polar surface area (TPSA) is 47.5 Å². The molecule has 2 aliphatic heterocycles. The standard InChI is InChI=1S/C11H13Cl2N3O2/c12-8-7-9(15-10(13)14-8)16-3-1-11(2-4-16)17-5-6-18-11/h7H,1-6H2. The summed E-state index contributed by atoms with van der Waals surface area (Å²) in [4.78, 5) is 10.2. The van der Waals surface area contributed by atoms with Crippen molar-refractivity contribution in [2.24, 2.45) is 0 Å². The zero-order valence-electron chi connectivity index (χ0n) is 9.73. The van der Waals surface area contributed by atoms with E-state index in [1.165, 1.54) is 0 Å². The number of ether oxygens (including phenoxy) is 2. The van der Waals surface area contributed by atoms with E-state index in [0.29, 0.717) is 18.4 Å². The van der Waals surface area contributed by atoms with E-state index >= 15 is 0 Å². The summed E-state index contributed by atoms with van der Waals surface area (Å²) in [5, 5.41) is 0.532. The molecule has 1 aromatic rings. The molecule has 1 spiro atoms. The molecule has 0 unspecified atom stereocenters. The van der Waals surface area contributed by atoms with Crippen LogP contribution in [0.4, 0.5) is 5.82 Å². The van der Waals surface area contributed by atoms with Gasteiger partial charge in [0.15, 0.2) is 5.79 Å². The molecule has 0 aliphatic carbocycles. The zero-order valence-corrected chi connectivity index (χ0v) is 11.2. The summed E-state index contributed by atoms with van der Waals surface area (Å²) in [5.74, 6) is 0.379. The number of piperidine rings is 1. The van der Waals surface area contributed by atoms with Crippen LogP contribution in [0, 0.1) is 0 Å². The van der Waals surface area contributed by atoms with Gasteiger partial charge in [-0.2, -0.15) is 0 Å². The van der Waals surface area contributed by atoms with Crippen molar-refractivity contribution in [3.63, 3.8) is 0 Å². The van der Waals surface area contributed by atoms with E-state index in [0.717, 1.165) is 31.7 Å². The molecular formula is C11H13Cl2N3O2. The number of nitrogens with zero attached hydrogens (tertiary/aromatic N) is 3. The summed E-state index contributed by atoms with van der Waals surface area (Å²) in [6, 6.07) is 1.72. The van der Waals surface area contributed by atoms with E-state index in [2.05, 4.69) is 14.9 Å². The van der Waals surface area contributed by atoms with Crippen molar-refractivity contribution in [2.75, 3.05) is 31.2 Å². The number of halogens is 2. The maximum absolute atomic E-state index is 5.88. The molecule has 0 saturated carbocycles. The third-order valence-corrected chi connectivity index (χ3v) is 3.68. The van der Waals surface area contributed by atoms with E-state index in [1.54, 1.807) is 6.07 Å². The van der Waals surface area contributed by atoms with Crippen LogP contribution < -0.4 is 4.90 Å². The molecule has 2 saturated heterocycles. The highest BCUT2D eigenvalue weighted by Crippen LogP contribution is 2.33. The maximum Gasteiger partial charge on any atom is 0.225 e. The second-order valence-corrected chi connectivity index (χ2v) is 5.14. The molecule has 2 aliphatic rings. The third kappa shape index (κ3) is 2.40. The molecule has 0 bridgehead atoms. The molecule has 0 atom stereocenters. The van der Waals surface area contributed by atoms with Crippen molar-refractivity contribution < 1.29 is 9.47 Å². The van der Waals surface area contributed by atoms with Crippen LogP contribution in [0.3, 0.4) is 0 Å². The van der Waals surface area contributed by atoms with Gasteiger partial charge in [0.25, 0.3) is 0 Å². The Balaban J connectivity index is 1.72. The summed E-state index contributed by atoms with van der Waals surface area (Å²) in [6.45, 7) is 2.99. The quantitative estimate of drug-likeness (QED) is 0.585. The lowest BCUT2D eigenvalue weighted by atomic mass is 10.0. The highest BCUT2D eigenvalue weighted by atomic mass is 35.5. The van der Waals surface area contributed by atoms with E-state index in [-0.39, 0.29) is 11.1 Å². The molecule has 0 N–H and O–H groups in total. The molecule has 98 valence electrons. The summed E-state index contributed by atoms with van der Waals surface area (Å²) in [6.07, 6.45) is 1.65. The largest absolute Gasteiger partial charge is 0.356 e. The SMILES string of the molecule is Clc1cc(N2CCC3(CC2)OCCO3)nc(Cl)n1. The lowest BCUT2D eigenvalue weighted by molar-refractivity contribution is -0.169. The molecular weight excluding hydrogens is 277 g/mol. The monoisotopic (exact) mass is 289 g/mol. The first-order valence-electron chi connectivity index (χ1n) is 5.90. The first-order valence-corrected chi connectivity index (χ1v) is 6.65. The Morgan fingerprint density at radius 1 is 1.11 bits per heavy atom. The van der Waals surface area contributed by atoms with Gasteiger partial charge in [-0.25, -0.2) is 9.97 Å². The van der Waals surface area contributed by atoms with Crippen molar-refractivity contribution in [1.82, 2.24) is 9.97 Å². The van der Waals surface area contributed by atoms with E-state index in [4.69, 9.17) is 32.7 Å². The minimum atomic E-state index is -0.378. The van der Waals surface area contributed by atoms with Gasteiger partial charge in [-0.1, -0.05) is 11.6 Å². The number of aromatic nitrogens is 2. The van der Waals surface area contributed by atoms with Gasteiger partial charge in [-0.05, 0) is 11.6 Å². The molecule has 1 aromatic heterocycles. The van der Waals surface area contributed by atoms with Crippen LogP contribution in [0.2, 0.25) is 10.4 Å². The highest BCUT2D eigenvalue weighted by molar-refractivity contribution is 6.32. The smallest absolute Gasteiger partial charge is 0.225 e. The Morgan fingerprint density at radius 3 is 2.39 bits per heavy atom. The van der Waals surface area contributed by atoms with E-state index < -0.39 is 0 Å². The van der Waals surface area contributed by atoms with Gasteiger partial charge >= 0.3 is 0 Å². The van der Waals surface area contributed by atoms with E-state index in [9.17, 15) is 0 Å². The average Bonchev–Trinajstić information content (AvgIpc) is 2.77. The van der Waals surface area contributed by atoms with Crippen molar-refractivity contribution >= 4 is 29.0 Å². The van der Waals surface area contributed by atoms with Crippen LogP contribution in [0.25, 0.3) is 0 Å². The van der Waals surface area contributed by atoms with Crippen LogP contribution in [0.5, 0.6) is 0 Å². The van der Waals surface area contributed by atoms with Crippen molar-refractivity contribution in [3.05, 3.63) is 16.5 Å². The van der Waals surface area contributed by atoms with Crippen molar-refractivity contribution in [3.8, 4) is 0 Å². The van der Waals surface area contributed by atoms with Crippen LogP contribution >= 0.6 is 23.2 Å². The molecule has 3 heterocycles. The van der Waals surface area contributed by atoms with Crippen LogP contribution in [0.15, 0.2) is 6.07 Å². The predicted octanol–water partition coefficient (Wildman–Crippen LogP) is 2.13. The molecule has 2 fully saturated rings. The van der Waals surface area contributed by atoms with Gasteiger partial charge in [0.2, 0.25) is 5.28 Å². The van der Waals surface area contributed by atoms with Gasteiger partial charge in [0.1, 0.15) is 11.0 Å². The van der Waals surface area contributed by atoms with Crippen LogP contribution in [-0.4, -0.2) is 42.1 Å². The van der Waals surface area contributed by atoms with E-state index in [1.807, 2.05) is 0 Å². The number of rotatable bonds is 1. The predicted molar refractivity (Wildman–Crippen MR) is 68.1 cm³/mol. The Kier molecular flexibility index (Phi) is 3.32. The zero-order chi connectivity index (χ0) is 12.6. The number of hydrogen-bond donors (Lipinski definition) is 0. The average molecular weight is 290 g/mol. The first kappa shape index (κ1) is 12.4.